The minimum absolute atomic E-state index is 0.0982. The summed E-state index contributed by atoms with van der Waals surface area (Å²) in [6, 6.07) is 11.7. The molecule has 1 aromatic heterocycles. The van der Waals surface area contributed by atoms with E-state index in [-0.39, 0.29) is 29.0 Å². The highest BCUT2D eigenvalue weighted by molar-refractivity contribution is 6.31. The third-order valence-electron chi connectivity index (χ3n) is 3.66. The van der Waals surface area contributed by atoms with Gasteiger partial charge in [-0.15, -0.1) is 0 Å². The van der Waals surface area contributed by atoms with Crippen molar-refractivity contribution in [3.05, 3.63) is 82.1 Å². The van der Waals surface area contributed by atoms with E-state index in [1.807, 2.05) is 0 Å². The smallest absolute Gasteiger partial charge is 0.274 e. The molecule has 0 radical (unpaired) electrons. The Morgan fingerprint density at radius 3 is 2.59 bits per heavy atom. The van der Waals surface area contributed by atoms with Gasteiger partial charge in [0.15, 0.2) is 0 Å². The van der Waals surface area contributed by atoms with Gasteiger partial charge in [0.2, 0.25) is 5.95 Å². The molecule has 0 saturated carbocycles. The third-order valence-corrected chi connectivity index (χ3v) is 3.95. The zero-order chi connectivity index (χ0) is 19.4. The van der Waals surface area contributed by atoms with Crippen molar-refractivity contribution in [1.82, 2.24) is 9.97 Å². The van der Waals surface area contributed by atoms with Crippen molar-refractivity contribution in [3.63, 3.8) is 0 Å². The SMILES string of the molecule is Cc1cc(C(=O)Nc2ccc(F)c(Cl)c2)nc(NCc2ccccc2F)n1. The van der Waals surface area contributed by atoms with Crippen LogP contribution in [0.15, 0.2) is 48.5 Å². The topological polar surface area (TPSA) is 66.9 Å². The maximum Gasteiger partial charge on any atom is 0.274 e. The number of benzene rings is 2. The third kappa shape index (κ3) is 4.77. The highest BCUT2D eigenvalue weighted by atomic mass is 35.5. The Morgan fingerprint density at radius 2 is 1.85 bits per heavy atom. The lowest BCUT2D eigenvalue weighted by Crippen LogP contribution is -2.16. The second-order valence-corrected chi connectivity index (χ2v) is 6.15. The fourth-order valence-corrected chi connectivity index (χ4v) is 2.53. The van der Waals surface area contributed by atoms with Crippen LogP contribution in [-0.4, -0.2) is 15.9 Å². The monoisotopic (exact) mass is 388 g/mol. The number of hydrogen-bond donors (Lipinski definition) is 2. The molecule has 0 aliphatic heterocycles. The number of carbonyl (C=O) groups excluding carboxylic acids is 1. The van der Waals surface area contributed by atoms with Gasteiger partial charge in [0.25, 0.3) is 5.91 Å². The fourth-order valence-electron chi connectivity index (χ4n) is 2.35. The first-order chi connectivity index (χ1) is 12.9. The minimum Gasteiger partial charge on any atom is -0.350 e. The summed E-state index contributed by atoms with van der Waals surface area (Å²) in [5.41, 5.74) is 1.46. The van der Waals surface area contributed by atoms with Crippen LogP contribution < -0.4 is 10.6 Å². The average molecular weight is 389 g/mol. The Balaban J connectivity index is 1.75. The average Bonchev–Trinajstić information content (AvgIpc) is 2.63. The molecule has 3 aromatic rings. The van der Waals surface area contributed by atoms with Crippen molar-refractivity contribution in [2.45, 2.75) is 13.5 Å². The maximum absolute atomic E-state index is 13.7. The molecule has 0 bridgehead atoms. The Kier molecular flexibility index (Phi) is 5.61. The van der Waals surface area contributed by atoms with Crippen LogP contribution in [-0.2, 0) is 6.54 Å². The molecule has 0 unspecified atom stereocenters. The summed E-state index contributed by atoms with van der Waals surface area (Å²) in [6.07, 6.45) is 0. The summed E-state index contributed by atoms with van der Waals surface area (Å²) in [5, 5.41) is 5.40. The van der Waals surface area contributed by atoms with Crippen LogP contribution in [0, 0.1) is 18.6 Å². The van der Waals surface area contributed by atoms with Gasteiger partial charge in [0.05, 0.1) is 5.02 Å². The first kappa shape index (κ1) is 18.7. The number of carbonyl (C=O) groups is 1. The molecule has 0 saturated heterocycles. The molecule has 8 heteroatoms. The Labute approximate surface area is 159 Å². The van der Waals surface area contributed by atoms with E-state index in [0.29, 0.717) is 16.9 Å². The minimum atomic E-state index is -0.577. The molecule has 5 nitrogen and oxygen atoms in total. The molecule has 0 spiro atoms. The van der Waals surface area contributed by atoms with Crippen LogP contribution >= 0.6 is 11.6 Å². The number of aryl methyl sites for hydroxylation is 1. The molecule has 0 atom stereocenters. The molecule has 138 valence electrons. The summed E-state index contributed by atoms with van der Waals surface area (Å²) >= 11 is 5.71. The predicted octanol–water partition coefficient (Wildman–Crippen LogP) is 4.58. The quantitative estimate of drug-likeness (QED) is 0.671. The lowest BCUT2D eigenvalue weighted by Gasteiger charge is -2.10. The summed E-state index contributed by atoms with van der Waals surface area (Å²) in [4.78, 5) is 20.8. The number of nitrogens with zero attached hydrogens (tertiary/aromatic N) is 2. The van der Waals surface area contributed by atoms with E-state index in [4.69, 9.17) is 11.6 Å². The van der Waals surface area contributed by atoms with Crippen LogP contribution in [0.2, 0.25) is 5.02 Å². The van der Waals surface area contributed by atoms with Gasteiger partial charge in [-0.2, -0.15) is 0 Å². The first-order valence-electron chi connectivity index (χ1n) is 8.02. The highest BCUT2D eigenvalue weighted by Gasteiger charge is 2.12. The van der Waals surface area contributed by atoms with Crippen LogP contribution in [0.1, 0.15) is 21.7 Å². The van der Waals surface area contributed by atoms with Crippen LogP contribution in [0.25, 0.3) is 0 Å². The van der Waals surface area contributed by atoms with Gasteiger partial charge < -0.3 is 10.6 Å². The van der Waals surface area contributed by atoms with Gasteiger partial charge >= 0.3 is 0 Å². The normalized spacial score (nSPS) is 10.5. The Bertz CT molecular complexity index is 997. The van der Waals surface area contributed by atoms with E-state index in [1.165, 1.54) is 24.3 Å². The molecule has 3 rings (SSSR count). The van der Waals surface area contributed by atoms with Crippen molar-refractivity contribution >= 4 is 29.1 Å². The number of aromatic nitrogens is 2. The van der Waals surface area contributed by atoms with Gasteiger partial charge in [-0.25, -0.2) is 18.7 Å². The molecular weight excluding hydrogens is 374 g/mol. The fraction of sp³-hybridized carbons (Fsp3) is 0.105. The van der Waals surface area contributed by atoms with Gasteiger partial charge in [0, 0.05) is 23.5 Å². The molecule has 1 heterocycles. The molecule has 27 heavy (non-hydrogen) atoms. The number of nitrogens with one attached hydrogen (secondary N) is 2. The van der Waals surface area contributed by atoms with Crippen molar-refractivity contribution in [3.8, 4) is 0 Å². The van der Waals surface area contributed by atoms with E-state index < -0.39 is 11.7 Å². The maximum atomic E-state index is 13.7. The Morgan fingerprint density at radius 1 is 1.07 bits per heavy atom. The standard InChI is InChI=1S/C19H15ClF2N4O/c1-11-8-17(18(27)25-13-6-7-16(22)14(20)9-13)26-19(24-11)23-10-12-4-2-3-5-15(12)21/h2-9H,10H2,1H3,(H,25,27)(H,23,24,26). The summed E-state index contributed by atoms with van der Waals surface area (Å²) < 4.78 is 26.9. The van der Waals surface area contributed by atoms with E-state index >= 15 is 0 Å². The van der Waals surface area contributed by atoms with Crippen molar-refractivity contribution < 1.29 is 13.6 Å². The molecule has 2 aromatic carbocycles. The molecule has 0 aliphatic carbocycles. The zero-order valence-electron chi connectivity index (χ0n) is 14.3. The summed E-state index contributed by atoms with van der Waals surface area (Å²) in [6.45, 7) is 1.88. The largest absolute Gasteiger partial charge is 0.350 e. The predicted molar refractivity (Wildman–Crippen MR) is 99.9 cm³/mol. The van der Waals surface area contributed by atoms with Crippen LogP contribution in [0.3, 0.4) is 0 Å². The van der Waals surface area contributed by atoms with Crippen LogP contribution in [0.4, 0.5) is 20.4 Å². The number of halogens is 3. The van der Waals surface area contributed by atoms with E-state index in [2.05, 4.69) is 20.6 Å². The highest BCUT2D eigenvalue weighted by Crippen LogP contribution is 2.20. The van der Waals surface area contributed by atoms with Gasteiger partial charge in [-0.3, -0.25) is 4.79 Å². The zero-order valence-corrected chi connectivity index (χ0v) is 15.0. The summed E-state index contributed by atoms with van der Waals surface area (Å²) in [5.74, 6) is -1.23. The van der Waals surface area contributed by atoms with Gasteiger partial charge in [0.1, 0.15) is 17.3 Å². The van der Waals surface area contributed by atoms with Crippen molar-refractivity contribution in [2.75, 3.05) is 10.6 Å². The second kappa shape index (κ2) is 8.09. The van der Waals surface area contributed by atoms with Gasteiger partial charge in [-0.05, 0) is 37.3 Å². The Hall–Kier alpha value is -3.06. The number of amides is 1. The number of anilines is 2. The molecule has 2 N–H and O–H groups in total. The van der Waals surface area contributed by atoms with Gasteiger partial charge in [-0.1, -0.05) is 29.8 Å². The number of rotatable bonds is 5. The lowest BCUT2D eigenvalue weighted by atomic mass is 10.2. The second-order valence-electron chi connectivity index (χ2n) is 5.75. The summed E-state index contributed by atoms with van der Waals surface area (Å²) in [7, 11) is 0. The first-order valence-corrected chi connectivity index (χ1v) is 8.39. The molecule has 0 aliphatic rings. The molecular formula is C19H15ClF2N4O. The lowest BCUT2D eigenvalue weighted by molar-refractivity contribution is 0.102. The molecule has 1 amide bonds. The van der Waals surface area contributed by atoms with E-state index in [0.717, 1.165) is 6.07 Å². The van der Waals surface area contributed by atoms with E-state index in [1.54, 1.807) is 25.1 Å². The van der Waals surface area contributed by atoms with Crippen LogP contribution in [0.5, 0.6) is 0 Å². The van der Waals surface area contributed by atoms with Crippen molar-refractivity contribution in [1.29, 1.82) is 0 Å². The van der Waals surface area contributed by atoms with E-state index in [9.17, 15) is 13.6 Å². The molecule has 0 fully saturated rings. The number of hydrogen-bond acceptors (Lipinski definition) is 4. The van der Waals surface area contributed by atoms with Crippen molar-refractivity contribution in [2.24, 2.45) is 0 Å².